The summed E-state index contributed by atoms with van der Waals surface area (Å²) in [5.41, 5.74) is 7.83. The number of pyridine rings is 1. The number of carbonyl (C=O) groups excluding carboxylic acids is 1. The number of rotatable bonds is 5. The van der Waals surface area contributed by atoms with Gasteiger partial charge in [-0.1, -0.05) is 12.1 Å². The van der Waals surface area contributed by atoms with Crippen LogP contribution in [0.4, 0.5) is 5.69 Å². The summed E-state index contributed by atoms with van der Waals surface area (Å²) >= 11 is 0. The minimum absolute atomic E-state index is 0.00216. The maximum atomic E-state index is 11.9. The number of fused-ring (bicyclic) bond motifs is 1. The number of benzene rings is 1. The zero-order valence-electron chi connectivity index (χ0n) is 15.0. The molecule has 0 radical (unpaired) electrons. The average molecular weight is 344 g/mol. The van der Waals surface area contributed by atoms with E-state index in [0.717, 1.165) is 10.9 Å². The van der Waals surface area contributed by atoms with Crippen molar-refractivity contribution >= 4 is 28.5 Å². The van der Waals surface area contributed by atoms with Gasteiger partial charge in [0, 0.05) is 11.8 Å². The van der Waals surface area contributed by atoms with Gasteiger partial charge < -0.3 is 15.6 Å². The van der Waals surface area contributed by atoms with E-state index in [1.807, 2.05) is 32.9 Å². The van der Waals surface area contributed by atoms with Crippen LogP contribution in [0.1, 0.15) is 55.2 Å². The number of carboxylic acids is 1. The highest BCUT2D eigenvalue weighted by atomic mass is 16.6. The summed E-state index contributed by atoms with van der Waals surface area (Å²) in [7, 11) is 0. The maximum Gasteiger partial charge on any atom is 0.354 e. The van der Waals surface area contributed by atoms with Crippen molar-refractivity contribution < 1.29 is 19.4 Å². The highest BCUT2D eigenvalue weighted by Crippen LogP contribution is 2.28. The number of aromatic nitrogens is 1. The fraction of sp³-hybridized carbons (Fsp3) is 0.421. The highest BCUT2D eigenvalue weighted by molar-refractivity contribution is 5.97. The third kappa shape index (κ3) is 4.47. The van der Waals surface area contributed by atoms with E-state index < -0.39 is 11.6 Å². The number of hydrogen-bond acceptors (Lipinski definition) is 5. The molecular weight excluding hydrogens is 320 g/mol. The second kappa shape index (κ2) is 7.09. The standard InChI is InChI=1S/C19H24N2O4/c1-11-12(7-6-10-15(22)25-19(2,3)4)13-8-5-9-14(20)17(13)21-16(11)18(23)24/h5,8-9H,6-7,10,20H2,1-4H3,(H,23,24). The highest BCUT2D eigenvalue weighted by Gasteiger charge is 2.19. The largest absolute Gasteiger partial charge is 0.477 e. The van der Waals surface area contributed by atoms with Crippen molar-refractivity contribution in [1.82, 2.24) is 4.98 Å². The first-order chi connectivity index (χ1) is 11.6. The Morgan fingerprint density at radius 3 is 2.56 bits per heavy atom. The minimum Gasteiger partial charge on any atom is -0.477 e. The van der Waals surface area contributed by atoms with Crippen molar-refractivity contribution in [1.29, 1.82) is 0 Å². The van der Waals surface area contributed by atoms with E-state index in [-0.39, 0.29) is 18.1 Å². The van der Waals surface area contributed by atoms with Crippen LogP contribution >= 0.6 is 0 Å². The van der Waals surface area contributed by atoms with E-state index in [9.17, 15) is 14.7 Å². The van der Waals surface area contributed by atoms with Gasteiger partial charge >= 0.3 is 11.9 Å². The fourth-order valence-electron chi connectivity index (χ4n) is 2.80. The molecule has 0 aliphatic carbocycles. The van der Waals surface area contributed by atoms with Crippen LogP contribution in [0.3, 0.4) is 0 Å². The first-order valence-corrected chi connectivity index (χ1v) is 8.23. The Bertz CT molecular complexity index is 822. The number of esters is 1. The van der Waals surface area contributed by atoms with E-state index in [2.05, 4.69) is 4.98 Å². The molecule has 2 aromatic rings. The van der Waals surface area contributed by atoms with Crippen LogP contribution in [0.25, 0.3) is 10.9 Å². The zero-order chi connectivity index (χ0) is 18.8. The summed E-state index contributed by atoms with van der Waals surface area (Å²) in [6.07, 6.45) is 1.38. The van der Waals surface area contributed by atoms with E-state index in [4.69, 9.17) is 10.5 Å². The number of carboxylic acid groups (broad SMARTS) is 1. The second-order valence-corrected chi connectivity index (χ2v) is 7.05. The van der Waals surface area contributed by atoms with E-state index in [1.54, 1.807) is 13.0 Å². The summed E-state index contributed by atoms with van der Waals surface area (Å²) in [5.74, 6) is -1.35. The van der Waals surface area contributed by atoms with Gasteiger partial charge in [-0.15, -0.1) is 0 Å². The smallest absolute Gasteiger partial charge is 0.354 e. The summed E-state index contributed by atoms with van der Waals surface area (Å²) < 4.78 is 5.31. The van der Waals surface area contributed by atoms with Gasteiger partial charge in [0.1, 0.15) is 5.60 Å². The van der Waals surface area contributed by atoms with Crippen LogP contribution in [0.15, 0.2) is 18.2 Å². The van der Waals surface area contributed by atoms with Gasteiger partial charge in [-0.05, 0) is 57.7 Å². The third-order valence-electron chi connectivity index (χ3n) is 3.85. The lowest BCUT2D eigenvalue weighted by atomic mass is 9.96. The molecule has 0 saturated carbocycles. The van der Waals surface area contributed by atoms with E-state index in [0.29, 0.717) is 29.6 Å². The number of hydrogen-bond donors (Lipinski definition) is 2. The molecule has 25 heavy (non-hydrogen) atoms. The molecular formula is C19H24N2O4. The maximum absolute atomic E-state index is 11.9. The molecule has 0 bridgehead atoms. The van der Waals surface area contributed by atoms with E-state index in [1.165, 1.54) is 0 Å². The second-order valence-electron chi connectivity index (χ2n) is 7.05. The van der Waals surface area contributed by atoms with Crippen molar-refractivity contribution in [2.45, 2.75) is 52.6 Å². The van der Waals surface area contributed by atoms with Gasteiger partial charge in [-0.2, -0.15) is 0 Å². The predicted octanol–water partition coefficient (Wildman–Crippen LogP) is 3.49. The molecule has 0 spiro atoms. The van der Waals surface area contributed by atoms with Crippen LogP contribution in [0.2, 0.25) is 0 Å². The molecule has 0 aliphatic heterocycles. The Balaban J connectivity index is 2.30. The lowest BCUT2D eigenvalue weighted by Gasteiger charge is -2.19. The predicted molar refractivity (Wildman–Crippen MR) is 96.6 cm³/mol. The molecule has 1 heterocycles. The third-order valence-corrected chi connectivity index (χ3v) is 3.85. The molecule has 0 unspecified atom stereocenters. The molecule has 1 aromatic heterocycles. The molecule has 6 nitrogen and oxygen atoms in total. The Kier molecular flexibility index (Phi) is 5.30. The van der Waals surface area contributed by atoms with Crippen molar-refractivity contribution in [3.05, 3.63) is 35.0 Å². The van der Waals surface area contributed by atoms with Crippen LogP contribution in [0, 0.1) is 6.92 Å². The van der Waals surface area contributed by atoms with Crippen LogP contribution < -0.4 is 5.73 Å². The SMILES string of the molecule is Cc1c(C(=O)O)nc2c(N)cccc2c1CCCC(=O)OC(C)(C)C. The summed E-state index contributed by atoms with van der Waals surface area (Å²) in [6, 6.07) is 5.39. The van der Waals surface area contributed by atoms with Crippen molar-refractivity contribution in [3.8, 4) is 0 Å². The summed E-state index contributed by atoms with van der Waals surface area (Å²) in [4.78, 5) is 27.6. The molecule has 0 fully saturated rings. The van der Waals surface area contributed by atoms with Gasteiger partial charge in [-0.3, -0.25) is 4.79 Å². The number of ether oxygens (including phenoxy) is 1. The Hall–Kier alpha value is -2.63. The van der Waals surface area contributed by atoms with Crippen LogP contribution in [-0.2, 0) is 16.0 Å². The molecule has 0 aliphatic rings. The van der Waals surface area contributed by atoms with Gasteiger partial charge in [-0.25, -0.2) is 9.78 Å². The number of nitrogen functional groups attached to an aromatic ring is 1. The Morgan fingerprint density at radius 2 is 1.96 bits per heavy atom. The molecule has 2 rings (SSSR count). The van der Waals surface area contributed by atoms with Crippen molar-refractivity contribution in [3.63, 3.8) is 0 Å². The number of anilines is 1. The number of carbonyl (C=O) groups is 2. The minimum atomic E-state index is -1.09. The quantitative estimate of drug-likeness (QED) is 0.636. The first-order valence-electron chi connectivity index (χ1n) is 8.23. The van der Waals surface area contributed by atoms with E-state index >= 15 is 0 Å². The number of aromatic carboxylic acids is 1. The summed E-state index contributed by atoms with van der Waals surface area (Å²) in [6.45, 7) is 7.22. The number of para-hydroxylation sites is 1. The summed E-state index contributed by atoms with van der Waals surface area (Å²) in [5, 5.41) is 10.2. The topological polar surface area (TPSA) is 103 Å². The van der Waals surface area contributed by atoms with Gasteiger partial charge in [0.25, 0.3) is 0 Å². The average Bonchev–Trinajstić information content (AvgIpc) is 2.47. The van der Waals surface area contributed by atoms with Crippen LogP contribution in [0.5, 0.6) is 0 Å². The molecule has 0 amide bonds. The lowest BCUT2D eigenvalue weighted by molar-refractivity contribution is -0.154. The van der Waals surface area contributed by atoms with Crippen molar-refractivity contribution in [2.75, 3.05) is 5.73 Å². The van der Waals surface area contributed by atoms with Crippen molar-refractivity contribution in [2.24, 2.45) is 0 Å². The van der Waals surface area contributed by atoms with Gasteiger partial charge in [0.15, 0.2) is 5.69 Å². The molecule has 3 N–H and O–H groups in total. The zero-order valence-corrected chi connectivity index (χ0v) is 15.0. The normalized spacial score (nSPS) is 11.5. The molecule has 0 saturated heterocycles. The van der Waals surface area contributed by atoms with Gasteiger partial charge in [0.05, 0.1) is 11.2 Å². The fourth-order valence-corrected chi connectivity index (χ4v) is 2.80. The van der Waals surface area contributed by atoms with Crippen LogP contribution in [-0.4, -0.2) is 27.6 Å². The molecule has 134 valence electrons. The number of nitrogens with zero attached hydrogens (tertiary/aromatic N) is 1. The Labute approximate surface area is 147 Å². The Morgan fingerprint density at radius 1 is 1.28 bits per heavy atom. The first kappa shape index (κ1) is 18.7. The molecule has 0 atom stereocenters. The lowest BCUT2D eigenvalue weighted by Crippen LogP contribution is -2.23. The number of aryl methyl sites for hydroxylation is 1. The molecule has 6 heteroatoms. The number of nitrogens with two attached hydrogens (primary N) is 1. The van der Waals surface area contributed by atoms with Gasteiger partial charge in [0.2, 0.25) is 0 Å². The molecule has 1 aromatic carbocycles. The monoisotopic (exact) mass is 344 g/mol.